The molecule has 2 aliphatic rings. The minimum atomic E-state index is -1.64. The molecule has 20 nitrogen and oxygen atoms in total. The Morgan fingerprint density at radius 2 is 0.908 bits per heavy atom. The van der Waals surface area contributed by atoms with E-state index < -0.39 is 23.0 Å². The zero-order valence-electron chi connectivity index (χ0n) is 44.1. The molecular weight excluding hydrogens is 987 g/mol. The Kier molecular flexibility index (Phi) is 18.1. The number of carbonyl (C=O) groups is 4. The Morgan fingerprint density at radius 1 is 0.553 bits per heavy atom. The van der Waals surface area contributed by atoms with Crippen LogP contribution >= 0.6 is 0 Å². The number of nitrogens with zero attached hydrogens (tertiary/aromatic N) is 12. The molecule has 2 aliphatic heterocycles. The molecule has 10 rings (SSSR count). The third kappa shape index (κ3) is 10.6. The van der Waals surface area contributed by atoms with Crippen molar-refractivity contribution in [1.29, 1.82) is 0 Å². The summed E-state index contributed by atoms with van der Waals surface area (Å²) in [6.07, 6.45) is 6.11. The molecule has 2 atom stereocenters. The van der Waals surface area contributed by atoms with Crippen molar-refractivity contribution in [3.8, 4) is 56.4 Å². The molecule has 0 aliphatic carbocycles. The largest absolute Gasteiger partial charge is 1.00 e. The summed E-state index contributed by atoms with van der Waals surface area (Å²) >= 11 is 0. The maximum Gasteiger partial charge on any atom is 1.00 e. The Bertz CT molecular complexity index is 3120. The van der Waals surface area contributed by atoms with Crippen LogP contribution in [0.5, 0.6) is 0 Å². The molecule has 0 radical (unpaired) electrons. The number of amides is 2. The van der Waals surface area contributed by atoms with Gasteiger partial charge in [0.05, 0.1) is 34.7 Å². The number of carboxylic acids is 2. The number of fused-ring (bicyclic) bond motifs is 2. The van der Waals surface area contributed by atoms with Crippen molar-refractivity contribution in [2.75, 3.05) is 13.1 Å². The van der Waals surface area contributed by atoms with E-state index in [2.05, 4.69) is 55.1 Å². The molecule has 8 aromatic rings. The predicted molar refractivity (Wildman–Crippen MR) is 268 cm³/mol. The van der Waals surface area contributed by atoms with Crippen LogP contribution in [0.25, 0.3) is 56.4 Å². The first kappa shape index (κ1) is 57.0. The second-order valence-electron chi connectivity index (χ2n) is 18.7. The second-order valence-corrected chi connectivity index (χ2v) is 18.7. The van der Waals surface area contributed by atoms with Crippen LogP contribution in [0.2, 0.25) is 0 Å². The van der Waals surface area contributed by atoms with Gasteiger partial charge in [0.15, 0.2) is 0 Å². The van der Waals surface area contributed by atoms with Crippen molar-refractivity contribution in [2.45, 2.75) is 104 Å². The van der Waals surface area contributed by atoms with Crippen molar-refractivity contribution >= 4 is 23.8 Å². The number of tetrazole rings is 2. The van der Waals surface area contributed by atoms with Crippen LogP contribution in [0.4, 0.5) is 0 Å². The minimum absolute atomic E-state index is 0. The molecule has 0 saturated heterocycles. The average Bonchev–Trinajstić information content (AvgIpc) is 4.28. The minimum Gasteiger partial charge on any atom is -0.547 e. The first-order chi connectivity index (χ1) is 35.7. The molecule has 0 bridgehead atoms. The van der Waals surface area contributed by atoms with Gasteiger partial charge >= 0.3 is 59.1 Å². The standard InChI is InChI=1S/2C27H29N7O3.2Na/c2*1-4-5-10-23-28-22-15-16-33(17(2)35)27(3,26(36)37)24(22)34(23)19-13-11-18(12-14-19)20-8-6-7-9-21(20)25-29-31-32-30-25;;/h2*6-9,11-14H,4-5,10,15-16H2,1-3H3,(H,36,37)(H,29,30,31,32);;/q;;2*+1/p-2. The number of unbranched alkanes of at least 4 members (excludes halogenated alkanes) is 2. The maximum absolute atomic E-state index is 12.6. The number of carbonyl (C=O) groups excluding carboxylic acids is 4. The van der Waals surface area contributed by atoms with Gasteiger partial charge in [0, 0.05) is 75.1 Å². The molecule has 6 heterocycles. The molecule has 0 fully saturated rings. The van der Waals surface area contributed by atoms with E-state index in [4.69, 9.17) is 9.97 Å². The quantitative estimate of drug-likeness (QED) is 0.122. The number of rotatable bonds is 14. The van der Waals surface area contributed by atoms with Crippen molar-refractivity contribution in [3.63, 3.8) is 0 Å². The topological polar surface area (TPSA) is 265 Å². The van der Waals surface area contributed by atoms with E-state index in [0.29, 0.717) is 60.1 Å². The second kappa shape index (κ2) is 24.1. The van der Waals surface area contributed by atoms with E-state index in [9.17, 15) is 29.4 Å². The Labute approximate surface area is 483 Å². The molecule has 4 aromatic carbocycles. The van der Waals surface area contributed by atoms with Crippen LogP contribution < -0.4 is 69.3 Å². The summed E-state index contributed by atoms with van der Waals surface area (Å²) in [4.78, 5) is 62.6. The molecule has 2 unspecified atom stereocenters. The van der Waals surface area contributed by atoms with E-state index in [1.807, 2.05) is 106 Å². The van der Waals surface area contributed by atoms with Crippen LogP contribution in [-0.4, -0.2) is 107 Å². The summed E-state index contributed by atoms with van der Waals surface area (Å²) in [6.45, 7) is 10.6. The van der Waals surface area contributed by atoms with E-state index in [0.717, 1.165) is 82.1 Å². The number of aliphatic carboxylic acids is 2. The van der Waals surface area contributed by atoms with Gasteiger partial charge in [-0.05, 0) is 83.6 Å². The summed E-state index contributed by atoms with van der Waals surface area (Å²) in [6, 6.07) is 31.3. The van der Waals surface area contributed by atoms with Gasteiger partial charge in [-0.15, -0.1) is 20.4 Å². The van der Waals surface area contributed by atoms with Crippen LogP contribution in [0, 0.1) is 0 Å². The molecular formula is C54H56N14Na2O6. The van der Waals surface area contributed by atoms with Crippen LogP contribution in [0.15, 0.2) is 97.1 Å². The molecule has 2 amide bonds. The van der Waals surface area contributed by atoms with Gasteiger partial charge in [-0.25, -0.2) is 9.97 Å². The van der Waals surface area contributed by atoms with Gasteiger partial charge in [0.25, 0.3) is 0 Å². The molecule has 4 aromatic heterocycles. The van der Waals surface area contributed by atoms with Crippen LogP contribution in [0.3, 0.4) is 0 Å². The Morgan fingerprint density at radius 3 is 1.21 bits per heavy atom. The molecule has 380 valence electrons. The number of carboxylic acid groups (broad SMARTS) is 2. The number of aromatic nitrogens is 12. The summed E-state index contributed by atoms with van der Waals surface area (Å²) in [5.41, 5.74) is 6.10. The fourth-order valence-electron chi connectivity index (χ4n) is 10.4. The van der Waals surface area contributed by atoms with Gasteiger partial charge in [0.2, 0.25) is 23.5 Å². The summed E-state index contributed by atoms with van der Waals surface area (Å²) in [5.74, 6) is -0.704. The summed E-state index contributed by atoms with van der Waals surface area (Å²) in [5, 5.41) is 54.0. The number of aromatic amines is 2. The van der Waals surface area contributed by atoms with Gasteiger partial charge in [-0.3, -0.25) is 18.7 Å². The van der Waals surface area contributed by atoms with Gasteiger partial charge in [-0.1, -0.05) is 99.5 Å². The molecule has 22 heteroatoms. The number of hydrogen-bond acceptors (Lipinski definition) is 14. The van der Waals surface area contributed by atoms with E-state index in [1.54, 1.807) is 13.8 Å². The molecule has 0 saturated carbocycles. The normalized spacial score (nSPS) is 16.6. The number of aryl methyl sites for hydroxylation is 2. The van der Waals surface area contributed by atoms with Crippen molar-refractivity contribution in [3.05, 3.63) is 131 Å². The van der Waals surface area contributed by atoms with Crippen molar-refractivity contribution < 1.29 is 88.5 Å². The predicted octanol–water partition coefficient (Wildman–Crippen LogP) is -1.13. The smallest absolute Gasteiger partial charge is 0.547 e. The van der Waals surface area contributed by atoms with E-state index in [1.165, 1.54) is 23.6 Å². The monoisotopic (exact) mass is 1040 g/mol. The van der Waals surface area contributed by atoms with Crippen LogP contribution in [-0.2, 0) is 55.9 Å². The average molecular weight is 1040 g/mol. The zero-order valence-corrected chi connectivity index (χ0v) is 48.1. The van der Waals surface area contributed by atoms with Gasteiger partial charge in [-0.2, -0.15) is 10.4 Å². The van der Waals surface area contributed by atoms with Crippen molar-refractivity contribution in [2.24, 2.45) is 0 Å². The number of imidazole rings is 2. The number of benzene rings is 4. The van der Waals surface area contributed by atoms with E-state index in [-0.39, 0.29) is 84.0 Å². The van der Waals surface area contributed by atoms with Crippen molar-refractivity contribution in [1.82, 2.24) is 70.2 Å². The first-order valence-corrected chi connectivity index (χ1v) is 24.8. The number of nitrogens with one attached hydrogen (secondary N) is 2. The summed E-state index contributed by atoms with van der Waals surface area (Å²) < 4.78 is 3.82. The van der Waals surface area contributed by atoms with Gasteiger partial charge < -0.3 is 29.6 Å². The summed E-state index contributed by atoms with van der Waals surface area (Å²) in [7, 11) is 0. The fourth-order valence-corrected chi connectivity index (χ4v) is 10.4. The fraction of sp³-hybridized carbons (Fsp3) is 0.333. The van der Waals surface area contributed by atoms with Gasteiger partial charge in [0.1, 0.15) is 22.7 Å². The van der Waals surface area contributed by atoms with Crippen LogP contribution in [0.1, 0.15) is 102 Å². The third-order valence-corrected chi connectivity index (χ3v) is 14.1. The zero-order chi connectivity index (χ0) is 52.3. The Hall–Kier alpha value is -6.68. The molecule has 76 heavy (non-hydrogen) atoms. The SMILES string of the molecule is CCCCc1nc2c(n1-c1ccc(-c3ccccc3-c3nn[nH]n3)cc1)C(C)(C(=O)[O-])N(C(C)=O)CC2.CCCCc1nc2c(n1-c1ccc(-c3ccccc3-c3nn[nH]n3)cc1)C(C)(C(=O)[O-])N(C(C)=O)CC2.[Na+].[Na+]. The van der Waals surface area contributed by atoms with E-state index >= 15 is 0 Å². The Balaban J connectivity index is 0.000000216. The molecule has 2 N–H and O–H groups in total. The molecule has 0 spiro atoms. The third-order valence-electron chi connectivity index (χ3n) is 14.1. The number of H-pyrrole nitrogens is 2. The number of hydrogen-bond donors (Lipinski definition) is 2. The first-order valence-electron chi connectivity index (χ1n) is 24.8. The maximum atomic E-state index is 12.6.